The van der Waals surface area contributed by atoms with E-state index in [1.807, 2.05) is 18.2 Å². The van der Waals surface area contributed by atoms with Crippen molar-refractivity contribution >= 4 is 10.0 Å². The van der Waals surface area contributed by atoms with Gasteiger partial charge in [0, 0.05) is 25.7 Å². The summed E-state index contributed by atoms with van der Waals surface area (Å²) < 4.78 is 36.0. The predicted octanol–water partition coefficient (Wildman–Crippen LogP) is 1.22. The third-order valence-corrected chi connectivity index (χ3v) is 5.78. The molecule has 3 rings (SSSR count). The molecule has 2 aliphatic heterocycles. The zero-order valence-corrected chi connectivity index (χ0v) is 14.4. The summed E-state index contributed by atoms with van der Waals surface area (Å²) in [6.45, 7) is 5.19. The quantitative estimate of drug-likeness (QED) is 0.892. The van der Waals surface area contributed by atoms with E-state index in [-0.39, 0.29) is 5.92 Å². The lowest BCUT2D eigenvalue weighted by Crippen LogP contribution is -2.49. The summed E-state index contributed by atoms with van der Waals surface area (Å²) in [5.74, 6) is 1.89. The van der Waals surface area contributed by atoms with Crippen LogP contribution in [0.4, 0.5) is 0 Å². The van der Waals surface area contributed by atoms with Crippen LogP contribution in [0.25, 0.3) is 0 Å². The summed E-state index contributed by atoms with van der Waals surface area (Å²) in [6.07, 6.45) is 2.11. The van der Waals surface area contributed by atoms with E-state index in [0.717, 1.165) is 30.0 Å². The Labute approximate surface area is 137 Å². The highest BCUT2D eigenvalue weighted by Crippen LogP contribution is 2.30. The second-order valence-electron chi connectivity index (χ2n) is 6.35. The van der Waals surface area contributed by atoms with Crippen LogP contribution in [0.3, 0.4) is 0 Å². The van der Waals surface area contributed by atoms with E-state index in [0.29, 0.717) is 32.3 Å². The molecular formula is C16H24N2O4S. The van der Waals surface area contributed by atoms with Crippen LogP contribution in [0.2, 0.25) is 0 Å². The summed E-state index contributed by atoms with van der Waals surface area (Å²) in [4.78, 5) is 0. The van der Waals surface area contributed by atoms with Gasteiger partial charge in [-0.25, -0.2) is 12.7 Å². The van der Waals surface area contributed by atoms with Crippen molar-refractivity contribution in [2.24, 2.45) is 5.92 Å². The van der Waals surface area contributed by atoms with Crippen LogP contribution in [0, 0.1) is 5.92 Å². The molecule has 0 aliphatic carbocycles. The second kappa shape index (κ2) is 6.67. The van der Waals surface area contributed by atoms with E-state index < -0.39 is 10.0 Å². The molecule has 23 heavy (non-hydrogen) atoms. The molecule has 1 fully saturated rings. The minimum absolute atomic E-state index is 0.288. The molecule has 0 unspecified atom stereocenters. The van der Waals surface area contributed by atoms with E-state index in [1.54, 1.807) is 4.31 Å². The average molecular weight is 340 g/mol. The molecule has 0 aromatic heterocycles. The number of nitrogens with one attached hydrogen (secondary N) is 1. The van der Waals surface area contributed by atoms with Gasteiger partial charge < -0.3 is 14.8 Å². The number of hydrogen-bond donors (Lipinski definition) is 1. The van der Waals surface area contributed by atoms with Gasteiger partial charge in [-0.3, -0.25) is 0 Å². The molecule has 0 amide bonds. The maximum atomic E-state index is 11.6. The molecule has 2 heterocycles. The van der Waals surface area contributed by atoms with Crippen molar-refractivity contribution in [1.82, 2.24) is 9.62 Å². The van der Waals surface area contributed by atoms with E-state index in [9.17, 15) is 8.42 Å². The highest BCUT2D eigenvalue weighted by Gasteiger charge is 2.30. The highest BCUT2D eigenvalue weighted by molar-refractivity contribution is 7.88. The normalized spacial score (nSPS) is 25.3. The molecule has 1 saturated heterocycles. The molecule has 0 bridgehead atoms. The van der Waals surface area contributed by atoms with Crippen LogP contribution in [0.1, 0.15) is 18.9 Å². The first-order valence-corrected chi connectivity index (χ1v) is 9.85. The maximum absolute atomic E-state index is 11.6. The van der Waals surface area contributed by atoms with Gasteiger partial charge in [0.25, 0.3) is 0 Å². The Kier molecular flexibility index (Phi) is 4.79. The number of benzene rings is 1. The second-order valence-corrected chi connectivity index (χ2v) is 8.33. The Morgan fingerprint density at radius 2 is 2.00 bits per heavy atom. The van der Waals surface area contributed by atoms with Gasteiger partial charge in [-0.05, 0) is 30.0 Å². The SMILES string of the molecule is C[C@@H]1CN(S(C)(=O)=O)CC[C@@H]1NCc1ccc2c(c1)OCCO2. The maximum Gasteiger partial charge on any atom is 0.211 e. The fourth-order valence-corrected chi connectivity index (χ4v) is 4.10. The molecule has 1 N–H and O–H groups in total. The molecule has 7 heteroatoms. The van der Waals surface area contributed by atoms with E-state index in [1.165, 1.54) is 6.26 Å². The van der Waals surface area contributed by atoms with Gasteiger partial charge in [0.05, 0.1) is 6.26 Å². The predicted molar refractivity (Wildman–Crippen MR) is 88.3 cm³/mol. The Morgan fingerprint density at radius 3 is 2.70 bits per heavy atom. The molecule has 0 radical (unpaired) electrons. The highest BCUT2D eigenvalue weighted by atomic mass is 32.2. The summed E-state index contributed by atoms with van der Waals surface area (Å²) in [5, 5.41) is 3.55. The summed E-state index contributed by atoms with van der Waals surface area (Å²) >= 11 is 0. The first kappa shape index (κ1) is 16.5. The lowest BCUT2D eigenvalue weighted by molar-refractivity contribution is 0.171. The standard InChI is InChI=1S/C16H24N2O4S/c1-12-11-18(23(2,19)20)6-5-14(12)17-10-13-3-4-15-16(9-13)22-8-7-21-15/h3-4,9,12,14,17H,5-8,10-11H2,1-2H3/t12-,14+/m1/s1. The fourth-order valence-electron chi connectivity index (χ4n) is 3.16. The minimum Gasteiger partial charge on any atom is -0.486 e. The number of piperidine rings is 1. The molecular weight excluding hydrogens is 316 g/mol. The largest absolute Gasteiger partial charge is 0.486 e. The van der Waals surface area contributed by atoms with Crippen molar-refractivity contribution in [3.8, 4) is 11.5 Å². The summed E-state index contributed by atoms with van der Waals surface area (Å²) in [6, 6.07) is 6.32. The van der Waals surface area contributed by atoms with Crippen molar-refractivity contribution in [3.05, 3.63) is 23.8 Å². The fraction of sp³-hybridized carbons (Fsp3) is 0.625. The number of rotatable bonds is 4. The Hall–Kier alpha value is -1.31. The molecule has 2 atom stereocenters. The Morgan fingerprint density at radius 1 is 1.26 bits per heavy atom. The number of ether oxygens (including phenoxy) is 2. The lowest BCUT2D eigenvalue weighted by atomic mass is 9.95. The molecule has 1 aromatic carbocycles. The van der Waals surface area contributed by atoms with Crippen LogP contribution in [-0.2, 0) is 16.6 Å². The third kappa shape index (κ3) is 3.97. The van der Waals surface area contributed by atoms with Crippen molar-refractivity contribution in [2.45, 2.75) is 25.9 Å². The van der Waals surface area contributed by atoms with E-state index in [4.69, 9.17) is 9.47 Å². The number of hydrogen-bond acceptors (Lipinski definition) is 5. The molecule has 2 aliphatic rings. The molecule has 6 nitrogen and oxygen atoms in total. The zero-order chi connectivity index (χ0) is 16.4. The first-order chi connectivity index (χ1) is 10.9. The van der Waals surface area contributed by atoms with Gasteiger partial charge >= 0.3 is 0 Å². The van der Waals surface area contributed by atoms with Crippen LogP contribution in [-0.4, -0.2) is 51.3 Å². The Balaban J connectivity index is 1.57. The summed E-state index contributed by atoms with van der Waals surface area (Å²) in [5.41, 5.74) is 1.15. The number of nitrogens with zero attached hydrogens (tertiary/aromatic N) is 1. The topological polar surface area (TPSA) is 67.9 Å². The Bertz CT molecular complexity index is 662. The molecule has 0 saturated carbocycles. The van der Waals surface area contributed by atoms with Gasteiger partial charge in [-0.15, -0.1) is 0 Å². The van der Waals surface area contributed by atoms with Crippen molar-refractivity contribution in [2.75, 3.05) is 32.6 Å². The minimum atomic E-state index is -3.08. The number of fused-ring (bicyclic) bond motifs is 1. The van der Waals surface area contributed by atoms with Crippen LogP contribution < -0.4 is 14.8 Å². The zero-order valence-electron chi connectivity index (χ0n) is 13.6. The molecule has 0 spiro atoms. The third-order valence-electron chi connectivity index (χ3n) is 4.51. The number of sulfonamides is 1. The first-order valence-electron chi connectivity index (χ1n) is 8.00. The van der Waals surface area contributed by atoms with Crippen LogP contribution >= 0.6 is 0 Å². The average Bonchev–Trinajstić information content (AvgIpc) is 2.52. The van der Waals surface area contributed by atoms with Gasteiger partial charge in [-0.2, -0.15) is 0 Å². The van der Waals surface area contributed by atoms with E-state index in [2.05, 4.69) is 12.2 Å². The van der Waals surface area contributed by atoms with E-state index >= 15 is 0 Å². The van der Waals surface area contributed by atoms with Crippen LogP contribution in [0.15, 0.2) is 18.2 Å². The smallest absolute Gasteiger partial charge is 0.211 e. The van der Waals surface area contributed by atoms with Crippen molar-refractivity contribution < 1.29 is 17.9 Å². The van der Waals surface area contributed by atoms with Crippen molar-refractivity contribution in [1.29, 1.82) is 0 Å². The van der Waals surface area contributed by atoms with Gasteiger partial charge in [0.1, 0.15) is 13.2 Å². The molecule has 128 valence electrons. The van der Waals surface area contributed by atoms with Gasteiger partial charge in [-0.1, -0.05) is 13.0 Å². The summed E-state index contributed by atoms with van der Waals surface area (Å²) in [7, 11) is -3.08. The van der Waals surface area contributed by atoms with Gasteiger partial charge in [0.15, 0.2) is 11.5 Å². The van der Waals surface area contributed by atoms with Crippen molar-refractivity contribution in [3.63, 3.8) is 0 Å². The monoisotopic (exact) mass is 340 g/mol. The lowest BCUT2D eigenvalue weighted by Gasteiger charge is -2.36. The van der Waals surface area contributed by atoms with Crippen LogP contribution in [0.5, 0.6) is 11.5 Å². The van der Waals surface area contributed by atoms with Gasteiger partial charge in [0.2, 0.25) is 10.0 Å². The molecule has 1 aromatic rings.